The SMILES string of the molecule is CC(C)C1CCN(C(C)C)CC1C(C)C. The molecule has 0 spiro atoms. The van der Waals surface area contributed by atoms with Gasteiger partial charge in [-0.05, 0) is 50.5 Å². The van der Waals surface area contributed by atoms with Crippen LogP contribution in [0.1, 0.15) is 48.0 Å². The summed E-state index contributed by atoms with van der Waals surface area (Å²) >= 11 is 0. The lowest BCUT2D eigenvalue weighted by Gasteiger charge is -2.44. The zero-order chi connectivity index (χ0) is 11.6. The fourth-order valence-electron chi connectivity index (χ4n) is 3.03. The predicted octanol–water partition coefficient (Wildman–Crippen LogP) is 3.64. The van der Waals surface area contributed by atoms with Crippen LogP contribution in [-0.4, -0.2) is 24.0 Å². The second-order valence-corrected chi connectivity index (χ2v) is 6.19. The van der Waals surface area contributed by atoms with Crippen molar-refractivity contribution >= 4 is 0 Å². The molecule has 1 fully saturated rings. The fourth-order valence-corrected chi connectivity index (χ4v) is 3.03. The van der Waals surface area contributed by atoms with Crippen LogP contribution in [0.4, 0.5) is 0 Å². The minimum Gasteiger partial charge on any atom is -0.301 e. The molecule has 2 atom stereocenters. The summed E-state index contributed by atoms with van der Waals surface area (Å²) in [6, 6.07) is 0.722. The molecule has 0 N–H and O–H groups in total. The topological polar surface area (TPSA) is 3.24 Å². The second-order valence-electron chi connectivity index (χ2n) is 6.19. The molecule has 1 aliphatic heterocycles. The van der Waals surface area contributed by atoms with Gasteiger partial charge in [0, 0.05) is 12.6 Å². The first-order chi connectivity index (χ1) is 6.93. The second kappa shape index (κ2) is 5.34. The van der Waals surface area contributed by atoms with Crippen molar-refractivity contribution in [2.24, 2.45) is 23.7 Å². The van der Waals surface area contributed by atoms with E-state index in [1.807, 2.05) is 0 Å². The first kappa shape index (κ1) is 13.0. The summed E-state index contributed by atoms with van der Waals surface area (Å²) in [5, 5.41) is 0. The molecule has 2 unspecified atom stereocenters. The van der Waals surface area contributed by atoms with Crippen molar-refractivity contribution in [3.63, 3.8) is 0 Å². The summed E-state index contributed by atoms with van der Waals surface area (Å²) in [6.07, 6.45) is 1.40. The third-order valence-electron chi connectivity index (χ3n) is 4.19. The molecule has 0 saturated carbocycles. The molecule has 0 bridgehead atoms. The average molecular weight is 211 g/mol. The van der Waals surface area contributed by atoms with Gasteiger partial charge in [-0.3, -0.25) is 0 Å². The number of nitrogens with zero attached hydrogens (tertiary/aromatic N) is 1. The lowest BCUT2D eigenvalue weighted by Crippen LogP contribution is -2.46. The zero-order valence-corrected chi connectivity index (χ0v) is 11.5. The number of rotatable bonds is 3. The van der Waals surface area contributed by atoms with Crippen LogP contribution in [-0.2, 0) is 0 Å². The highest BCUT2D eigenvalue weighted by Gasteiger charge is 2.33. The lowest BCUT2D eigenvalue weighted by molar-refractivity contribution is 0.0464. The minimum absolute atomic E-state index is 0.722. The lowest BCUT2D eigenvalue weighted by atomic mass is 9.73. The van der Waals surface area contributed by atoms with Gasteiger partial charge in [0.15, 0.2) is 0 Å². The molecule has 0 aromatic heterocycles. The Kier molecular flexibility index (Phi) is 4.64. The Bertz CT molecular complexity index is 184. The monoisotopic (exact) mass is 211 g/mol. The Balaban J connectivity index is 2.65. The van der Waals surface area contributed by atoms with E-state index >= 15 is 0 Å². The highest BCUT2D eigenvalue weighted by molar-refractivity contribution is 4.85. The van der Waals surface area contributed by atoms with Gasteiger partial charge in [-0.25, -0.2) is 0 Å². The molecule has 1 rings (SSSR count). The van der Waals surface area contributed by atoms with Crippen molar-refractivity contribution in [1.29, 1.82) is 0 Å². The van der Waals surface area contributed by atoms with Gasteiger partial charge >= 0.3 is 0 Å². The van der Waals surface area contributed by atoms with E-state index in [4.69, 9.17) is 0 Å². The van der Waals surface area contributed by atoms with E-state index in [1.54, 1.807) is 0 Å². The molecule has 1 heterocycles. The first-order valence-corrected chi connectivity index (χ1v) is 6.67. The standard InChI is InChI=1S/C14H29N/c1-10(2)13-7-8-15(12(5)6)9-14(13)11(3)4/h10-14H,7-9H2,1-6H3. The Labute approximate surface area is 96.2 Å². The Morgan fingerprint density at radius 3 is 1.80 bits per heavy atom. The number of piperidine rings is 1. The number of hydrogen-bond donors (Lipinski definition) is 0. The maximum Gasteiger partial charge on any atom is 0.00387 e. The van der Waals surface area contributed by atoms with E-state index in [-0.39, 0.29) is 0 Å². The van der Waals surface area contributed by atoms with Gasteiger partial charge in [-0.1, -0.05) is 27.7 Å². The molecule has 90 valence electrons. The Hall–Kier alpha value is -0.0400. The largest absolute Gasteiger partial charge is 0.301 e. The zero-order valence-electron chi connectivity index (χ0n) is 11.5. The number of likely N-dealkylation sites (tertiary alicyclic amines) is 1. The molecule has 1 nitrogen and oxygen atoms in total. The molecule has 1 saturated heterocycles. The van der Waals surface area contributed by atoms with Crippen molar-refractivity contribution in [2.45, 2.75) is 54.0 Å². The van der Waals surface area contributed by atoms with Gasteiger partial charge in [0.1, 0.15) is 0 Å². The minimum atomic E-state index is 0.722. The Morgan fingerprint density at radius 1 is 0.867 bits per heavy atom. The molecule has 15 heavy (non-hydrogen) atoms. The van der Waals surface area contributed by atoms with Crippen molar-refractivity contribution in [3.8, 4) is 0 Å². The molecule has 0 aromatic carbocycles. The van der Waals surface area contributed by atoms with Crippen LogP contribution in [0.2, 0.25) is 0 Å². The first-order valence-electron chi connectivity index (χ1n) is 6.67. The smallest absolute Gasteiger partial charge is 0.00387 e. The normalized spacial score (nSPS) is 29.4. The number of hydrogen-bond acceptors (Lipinski definition) is 1. The molecule has 0 radical (unpaired) electrons. The maximum absolute atomic E-state index is 2.66. The van der Waals surface area contributed by atoms with Gasteiger partial charge < -0.3 is 4.90 Å². The Morgan fingerprint density at radius 2 is 1.40 bits per heavy atom. The van der Waals surface area contributed by atoms with Crippen LogP contribution in [0, 0.1) is 23.7 Å². The summed E-state index contributed by atoms with van der Waals surface area (Å²) < 4.78 is 0. The van der Waals surface area contributed by atoms with Crippen molar-refractivity contribution in [2.75, 3.05) is 13.1 Å². The average Bonchev–Trinajstić information content (AvgIpc) is 2.16. The van der Waals surface area contributed by atoms with Crippen molar-refractivity contribution in [3.05, 3.63) is 0 Å². The molecular formula is C14H29N. The van der Waals surface area contributed by atoms with E-state index in [2.05, 4.69) is 46.4 Å². The van der Waals surface area contributed by atoms with E-state index in [9.17, 15) is 0 Å². The quantitative estimate of drug-likeness (QED) is 0.689. The highest BCUT2D eigenvalue weighted by atomic mass is 15.2. The maximum atomic E-state index is 2.66. The summed E-state index contributed by atoms with van der Waals surface area (Å²) in [5.74, 6) is 3.53. The van der Waals surface area contributed by atoms with Gasteiger partial charge in [0.2, 0.25) is 0 Å². The molecule has 0 aliphatic carbocycles. The third kappa shape index (κ3) is 3.21. The molecule has 0 amide bonds. The third-order valence-corrected chi connectivity index (χ3v) is 4.19. The van der Waals surface area contributed by atoms with E-state index in [0.717, 1.165) is 29.7 Å². The van der Waals surface area contributed by atoms with E-state index in [0.29, 0.717) is 0 Å². The van der Waals surface area contributed by atoms with Crippen molar-refractivity contribution < 1.29 is 0 Å². The fraction of sp³-hybridized carbons (Fsp3) is 1.00. The summed E-state index contributed by atoms with van der Waals surface area (Å²) in [6.45, 7) is 16.9. The van der Waals surface area contributed by atoms with E-state index in [1.165, 1.54) is 19.5 Å². The summed E-state index contributed by atoms with van der Waals surface area (Å²) in [5.41, 5.74) is 0. The predicted molar refractivity (Wildman–Crippen MR) is 68.0 cm³/mol. The van der Waals surface area contributed by atoms with Crippen LogP contribution in [0.15, 0.2) is 0 Å². The molecular weight excluding hydrogens is 182 g/mol. The van der Waals surface area contributed by atoms with Crippen LogP contribution >= 0.6 is 0 Å². The van der Waals surface area contributed by atoms with Crippen LogP contribution in [0.25, 0.3) is 0 Å². The van der Waals surface area contributed by atoms with Crippen LogP contribution < -0.4 is 0 Å². The van der Waals surface area contributed by atoms with E-state index < -0.39 is 0 Å². The highest BCUT2D eigenvalue weighted by Crippen LogP contribution is 2.35. The van der Waals surface area contributed by atoms with Crippen LogP contribution in [0.3, 0.4) is 0 Å². The van der Waals surface area contributed by atoms with Crippen LogP contribution in [0.5, 0.6) is 0 Å². The van der Waals surface area contributed by atoms with Gasteiger partial charge in [0.25, 0.3) is 0 Å². The van der Waals surface area contributed by atoms with Gasteiger partial charge in [-0.2, -0.15) is 0 Å². The van der Waals surface area contributed by atoms with Gasteiger partial charge in [-0.15, -0.1) is 0 Å². The van der Waals surface area contributed by atoms with Crippen molar-refractivity contribution in [1.82, 2.24) is 4.90 Å². The molecule has 1 aliphatic rings. The molecule has 1 heteroatoms. The molecule has 0 aromatic rings. The summed E-state index contributed by atoms with van der Waals surface area (Å²) in [4.78, 5) is 2.66. The van der Waals surface area contributed by atoms with Gasteiger partial charge in [0.05, 0.1) is 0 Å². The summed E-state index contributed by atoms with van der Waals surface area (Å²) in [7, 11) is 0.